The van der Waals surface area contributed by atoms with E-state index in [2.05, 4.69) is 5.32 Å². The predicted octanol–water partition coefficient (Wildman–Crippen LogP) is -0.153. The Bertz CT molecular complexity index is 391. The molecule has 1 aliphatic rings. The van der Waals surface area contributed by atoms with E-state index < -0.39 is 0 Å². The number of nitrogens with two attached hydrogens (primary N) is 1. The van der Waals surface area contributed by atoms with Crippen molar-refractivity contribution < 1.29 is 42.6 Å². The van der Waals surface area contributed by atoms with Gasteiger partial charge in [-0.05, 0) is 25.9 Å². The van der Waals surface area contributed by atoms with Crippen molar-refractivity contribution in [1.29, 1.82) is 0 Å². The zero-order chi connectivity index (χ0) is 24.2. The first kappa shape index (κ1) is 31.6. The first-order valence-electron chi connectivity index (χ1n) is 12.6. The van der Waals surface area contributed by atoms with Gasteiger partial charge in [-0.15, -0.1) is 0 Å². The third-order valence-electron chi connectivity index (χ3n) is 4.73. The van der Waals surface area contributed by atoms with Gasteiger partial charge in [0.05, 0.1) is 118 Å². The first-order valence-corrected chi connectivity index (χ1v) is 12.6. The van der Waals surface area contributed by atoms with Crippen LogP contribution in [0, 0.1) is 0 Å². The molecule has 11 heteroatoms. The molecule has 0 aromatic heterocycles. The molecule has 0 saturated carbocycles. The van der Waals surface area contributed by atoms with Crippen molar-refractivity contribution in [1.82, 2.24) is 5.32 Å². The largest absolute Gasteiger partial charge is 0.378 e. The standard InChI is InChI=1S/C23H48N2O9/c24-3-6-26-7-8-27-9-10-28-11-12-29-13-14-30-15-16-31-17-18-32-19-20-33-21-22-34-23-1-4-25-5-2-23/h23,25H,1-22,24H2. The molecular weight excluding hydrogens is 448 g/mol. The smallest absolute Gasteiger partial charge is 0.0704 e. The second-order valence-corrected chi connectivity index (χ2v) is 7.51. The summed E-state index contributed by atoms with van der Waals surface area (Å²) in [6.45, 7) is 12.1. The van der Waals surface area contributed by atoms with Gasteiger partial charge in [0.2, 0.25) is 0 Å². The summed E-state index contributed by atoms with van der Waals surface area (Å²) in [6, 6.07) is 0. The average molecular weight is 497 g/mol. The van der Waals surface area contributed by atoms with Gasteiger partial charge in [0.25, 0.3) is 0 Å². The molecule has 1 aliphatic heterocycles. The Morgan fingerprint density at radius 3 is 1.06 bits per heavy atom. The molecule has 0 atom stereocenters. The van der Waals surface area contributed by atoms with Crippen LogP contribution in [-0.4, -0.2) is 138 Å². The Labute approximate surface area is 205 Å². The summed E-state index contributed by atoms with van der Waals surface area (Å²) in [5, 5.41) is 3.32. The highest BCUT2D eigenvalue weighted by atomic mass is 16.6. The number of piperidine rings is 1. The minimum absolute atomic E-state index is 0.379. The summed E-state index contributed by atoms with van der Waals surface area (Å²) in [6.07, 6.45) is 2.55. The van der Waals surface area contributed by atoms with Crippen LogP contribution in [0.5, 0.6) is 0 Å². The van der Waals surface area contributed by atoms with Crippen LogP contribution in [0.15, 0.2) is 0 Å². The molecule has 0 bridgehead atoms. The minimum atomic E-state index is 0.379. The Morgan fingerprint density at radius 1 is 0.441 bits per heavy atom. The fourth-order valence-electron chi connectivity index (χ4n) is 2.96. The Hall–Kier alpha value is -0.440. The van der Waals surface area contributed by atoms with Gasteiger partial charge in [-0.3, -0.25) is 0 Å². The lowest BCUT2D eigenvalue weighted by atomic mass is 10.1. The highest BCUT2D eigenvalue weighted by Crippen LogP contribution is 2.06. The lowest BCUT2D eigenvalue weighted by molar-refractivity contribution is -0.0318. The van der Waals surface area contributed by atoms with E-state index >= 15 is 0 Å². The molecule has 0 aromatic carbocycles. The quantitative estimate of drug-likeness (QED) is 0.148. The average Bonchev–Trinajstić information content (AvgIpc) is 2.87. The van der Waals surface area contributed by atoms with Gasteiger partial charge in [-0.2, -0.15) is 0 Å². The van der Waals surface area contributed by atoms with E-state index in [1.165, 1.54) is 0 Å². The Balaban J connectivity index is 1.61. The molecule has 1 rings (SSSR count). The lowest BCUT2D eigenvalue weighted by Gasteiger charge is -2.22. The van der Waals surface area contributed by atoms with Crippen molar-refractivity contribution in [3.63, 3.8) is 0 Å². The van der Waals surface area contributed by atoms with Gasteiger partial charge in [-0.1, -0.05) is 0 Å². The number of hydrogen-bond donors (Lipinski definition) is 2. The Morgan fingerprint density at radius 2 is 0.735 bits per heavy atom. The molecule has 0 radical (unpaired) electrons. The summed E-state index contributed by atoms with van der Waals surface area (Å²) in [4.78, 5) is 0. The highest BCUT2D eigenvalue weighted by Gasteiger charge is 2.12. The Kier molecular flexibility index (Phi) is 25.2. The van der Waals surface area contributed by atoms with Crippen LogP contribution in [0.2, 0.25) is 0 Å². The topological polar surface area (TPSA) is 121 Å². The van der Waals surface area contributed by atoms with Crippen LogP contribution >= 0.6 is 0 Å². The second kappa shape index (κ2) is 27.2. The van der Waals surface area contributed by atoms with Crippen molar-refractivity contribution in [3.8, 4) is 0 Å². The van der Waals surface area contributed by atoms with Gasteiger partial charge in [0, 0.05) is 6.54 Å². The molecule has 1 heterocycles. The molecule has 34 heavy (non-hydrogen) atoms. The minimum Gasteiger partial charge on any atom is -0.378 e. The zero-order valence-corrected chi connectivity index (χ0v) is 20.9. The van der Waals surface area contributed by atoms with Crippen LogP contribution in [0.1, 0.15) is 12.8 Å². The van der Waals surface area contributed by atoms with Crippen LogP contribution < -0.4 is 11.1 Å². The van der Waals surface area contributed by atoms with Crippen LogP contribution in [0.3, 0.4) is 0 Å². The summed E-state index contributed by atoms with van der Waals surface area (Å²) in [7, 11) is 0. The molecule has 204 valence electrons. The third-order valence-corrected chi connectivity index (χ3v) is 4.73. The summed E-state index contributed by atoms with van der Waals surface area (Å²) in [5.74, 6) is 0. The van der Waals surface area contributed by atoms with Crippen LogP contribution in [0.4, 0.5) is 0 Å². The van der Waals surface area contributed by atoms with Gasteiger partial charge in [0.1, 0.15) is 0 Å². The molecule has 0 spiro atoms. The second-order valence-electron chi connectivity index (χ2n) is 7.51. The number of nitrogens with one attached hydrogen (secondary N) is 1. The van der Waals surface area contributed by atoms with E-state index in [0.29, 0.717) is 125 Å². The monoisotopic (exact) mass is 496 g/mol. The van der Waals surface area contributed by atoms with Gasteiger partial charge in [-0.25, -0.2) is 0 Å². The van der Waals surface area contributed by atoms with Crippen LogP contribution in [0.25, 0.3) is 0 Å². The molecule has 0 unspecified atom stereocenters. The molecule has 0 aliphatic carbocycles. The highest BCUT2D eigenvalue weighted by molar-refractivity contribution is 4.67. The molecule has 3 N–H and O–H groups in total. The van der Waals surface area contributed by atoms with Gasteiger partial charge in [0.15, 0.2) is 0 Å². The van der Waals surface area contributed by atoms with E-state index in [1.54, 1.807) is 0 Å². The number of hydrogen-bond acceptors (Lipinski definition) is 11. The van der Waals surface area contributed by atoms with Crippen LogP contribution in [-0.2, 0) is 42.6 Å². The van der Waals surface area contributed by atoms with E-state index in [0.717, 1.165) is 25.9 Å². The van der Waals surface area contributed by atoms with Crippen molar-refractivity contribution in [2.75, 3.05) is 132 Å². The number of ether oxygens (including phenoxy) is 9. The predicted molar refractivity (Wildman–Crippen MR) is 127 cm³/mol. The maximum Gasteiger partial charge on any atom is 0.0704 e. The fraction of sp³-hybridized carbons (Fsp3) is 1.00. The van der Waals surface area contributed by atoms with Crippen molar-refractivity contribution in [2.24, 2.45) is 5.73 Å². The van der Waals surface area contributed by atoms with Crippen molar-refractivity contribution in [3.05, 3.63) is 0 Å². The van der Waals surface area contributed by atoms with E-state index in [-0.39, 0.29) is 0 Å². The molecule has 11 nitrogen and oxygen atoms in total. The molecular formula is C23H48N2O9. The maximum atomic E-state index is 5.77. The maximum absolute atomic E-state index is 5.77. The van der Waals surface area contributed by atoms with Gasteiger partial charge >= 0.3 is 0 Å². The molecule has 0 aromatic rings. The molecule has 1 fully saturated rings. The first-order chi connectivity index (χ1) is 16.9. The normalized spacial score (nSPS) is 14.7. The fourth-order valence-corrected chi connectivity index (χ4v) is 2.96. The van der Waals surface area contributed by atoms with E-state index in [1.807, 2.05) is 0 Å². The summed E-state index contributed by atoms with van der Waals surface area (Å²) in [5.41, 5.74) is 5.32. The lowest BCUT2D eigenvalue weighted by Crippen LogP contribution is -2.33. The summed E-state index contributed by atoms with van der Waals surface area (Å²) >= 11 is 0. The van der Waals surface area contributed by atoms with E-state index in [4.69, 9.17) is 48.4 Å². The number of rotatable bonds is 27. The third kappa shape index (κ3) is 23.3. The molecule has 1 saturated heterocycles. The molecule has 0 amide bonds. The summed E-state index contributed by atoms with van der Waals surface area (Å²) < 4.78 is 49.1. The van der Waals surface area contributed by atoms with Crippen molar-refractivity contribution in [2.45, 2.75) is 18.9 Å². The van der Waals surface area contributed by atoms with E-state index in [9.17, 15) is 0 Å². The zero-order valence-electron chi connectivity index (χ0n) is 20.9. The van der Waals surface area contributed by atoms with Crippen molar-refractivity contribution >= 4 is 0 Å². The van der Waals surface area contributed by atoms with Gasteiger partial charge < -0.3 is 53.7 Å². The SMILES string of the molecule is NCCOCCOCCOCCOCCOCCOCCOCCOCCOC1CCNCC1.